The van der Waals surface area contributed by atoms with Gasteiger partial charge in [-0.05, 0) is 47.7 Å². The van der Waals surface area contributed by atoms with E-state index in [1.807, 2.05) is 0 Å². The minimum absolute atomic E-state index is 0.0167. The predicted octanol–water partition coefficient (Wildman–Crippen LogP) is 4.72. The van der Waals surface area contributed by atoms with Gasteiger partial charge in [-0.15, -0.1) is 0 Å². The summed E-state index contributed by atoms with van der Waals surface area (Å²) >= 11 is 3.22. The van der Waals surface area contributed by atoms with E-state index in [-0.39, 0.29) is 23.8 Å². The summed E-state index contributed by atoms with van der Waals surface area (Å²) < 4.78 is 14.3. The van der Waals surface area contributed by atoms with Gasteiger partial charge in [-0.3, -0.25) is 9.78 Å². The SMILES string of the molecule is O=C(O)NC1CCCCC1Nc1c(C(=O)C2CC2)cnc2cc(F)c(Br)cc12. The van der Waals surface area contributed by atoms with E-state index in [0.29, 0.717) is 26.6 Å². The van der Waals surface area contributed by atoms with Crippen molar-refractivity contribution in [3.05, 3.63) is 34.2 Å². The number of pyridine rings is 1. The number of rotatable bonds is 5. The van der Waals surface area contributed by atoms with Crippen molar-refractivity contribution in [2.75, 3.05) is 5.32 Å². The minimum atomic E-state index is -1.06. The molecule has 2 aliphatic carbocycles. The Balaban J connectivity index is 1.77. The first-order valence-corrected chi connectivity index (χ1v) is 10.3. The Labute approximate surface area is 170 Å². The first-order valence-electron chi connectivity index (χ1n) is 9.52. The van der Waals surface area contributed by atoms with Gasteiger partial charge in [0.2, 0.25) is 0 Å². The number of carboxylic acid groups (broad SMARTS) is 1. The number of nitrogens with one attached hydrogen (secondary N) is 2. The van der Waals surface area contributed by atoms with Crippen molar-refractivity contribution in [2.45, 2.75) is 50.6 Å². The minimum Gasteiger partial charge on any atom is -0.465 e. The lowest BCUT2D eigenvalue weighted by Crippen LogP contribution is -2.48. The summed E-state index contributed by atoms with van der Waals surface area (Å²) in [7, 11) is 0. The quantitative estimate of drug-likeness (QED) is 0.574. The third-order valence-electron chi connectivity index (χ3n) is 5.53. The number of halogens is 2. The van der Waals surface area contributed by atoms with E-state index in [1.165, 1.54) is 12.3 Å². The molecule has 0 saturated heterocycles. The summed E-state index contributed by atoms with van der Waals surface area (Å²) in [6.45, 7) is 0. The van der Waals surface area contributed by atoms with Crippen molar-refractivity contribution in [3.63, 3.8) is 0 Å². The molecule has 4 rings (SSSR count). The highest BCUT2D eigenvalue weighted by molar-refractivity contribution is 9.10. The van der Waals surface area contributed by atoms with Gasteiger partial charge in [0.15, 0.2) is 5.78 Å². The Hall–Kier alpha value is -2.22. The number of amides is 1. The number of carbonyl (C=O) groups excluding carboxylic acids is 1. The van der Waals surface area contributed by atoms with Crippen molar-refractivity contribution in [2.24, 2.45) is 5.92 Å². The molecular weight excluding hydrogens is 429 g/mol. The highest BCUT2D eigenvalue weighted by Gasteiger charge is 2.34. The van der Waals surface area contributed by atoms with Crippen LogP contribution in [0.4, 0.5) is 14.9 Å². The van der Waals surface area contributed by atoms with E-state index in [0.717, 1.165) is 38.5 Å². The van der Waals surface area contributed by atoms with E-state index in [2.05, 4.69) is 31.5 Å². The van der Waals surface area contributed by atoms with Crippen LogP contribution >= 0.6 is 15.9 Å². The van der Waals surface area contributed by atoms with Gasteiger partial charge < -0.3 is 15.7 Å². The molecule has 2 fully saturated rings. The molecule has 6 nitrogen and oxygen atoms in total. The first kappa shape index (κ1) is 19.1. The summed E-state index contributed by atoms with van der Waals surface area (Å²) in [4.78, 5) is 28.3. The van der Waals surface area contributed by atoms with Crippen LogP contribution in [-0.2, 0) is 0 Å². The summed E-state index contributed by atoms with van der Waals surface area (Å²) in [6, 6.07) is 2.57. The average molecular weight is 450 g/mol. The fraction of sp³-hybridized carbons (Fsp3) is 0.450. The van der Waals surface area contributed by atoms with Gasteiger partial charge in [-0.2, -0.15) is 0 Å². The molecule has 0 radical (unpaired) electrons. The van der Waals surface area contributed by atoms with Crippen molar-refractivity contribution in [1.29, 1.82) is 0 Å². The molecule has 2 saturated carbocycles. The van der Waals surface area contributed by atoms with Gasteiger partial charge in [0.05, 0.1) is 27.3 Å². The molecule has 2 unspecified atom stereocenters. The summed E-state index contributed by atoms with van der Waals surface area (Å²) in [5, 5.41) is 15.8. The summed E-state index contributed by atoms with van der Waals surface area (Å²) in [6.07, 6.45) is 5.64. The van der Waals surface area contributed by atoms with Crippen LogP contribution < -0.4 is 10.6 Å². The number of hydrogen-bond donors (Lipinski definition) is 3. The standard InChI is InChI=1S/C20H21BrFN3O3/c21-13-7-11-17(8-14(13)22)23-9-12(19(26)10-5-6-10)18(11)24-15-3-1-2-4-16(15)25-20(27)28/h7-10,15-16,25H,1-6H2,(H,23,24)(H,27,28). The molecule has 2 aromatic rings. The van der Waals surface area contributed by atoms with Gasteiger partial charge in [-0.1, -0.05) is 12.8 Å². The van der Waals surface area contributed by atoms with E-state index in [1.54, 1.807) is 6.07 Å². The van der Waals surface area contributed by atoms with E-state index in [4.69, 9.17) is 5.11 Å². The lowest BCUT2D eigenvalue weighted by Gasteiger charge is -2.33. The van der Waals surface area contributed by atoms with E-state index < -0.39 is 11.9 Å². The molecule has 3 N–H and O–H groups in total. The van der Waals surface area contributed by atoms with Crippen LogP contribution in [0.1, 0.15) is 48.9 Å². The molecular formula is C20H21BrFN3O3. The van der Waals surface area contributed by atoms with E-state index in [9.17, 15) is 14.0 Å². The Kier molecular flexibility index (Phi) is 5.23. The van der Waals surface area contributed by atoms with E-state index >= 15 is 0 Å². The summed E-state index contributed by atoms with van der Waals surface area (Å²) in [5.74, 6) is -0.366. The Bertz CT molecular complexity index is 948. The smallest absolute Gasteiger partial charge is 0.404 e. The zero-order chi connectivity index (χ0) is 19.8. The summed E-state index contributed by atoms with van der Waals surface area (Å²) in [5.41, 5.74) is 1.56. The second-order valence-electron chi connectivity index (χ2n) is 7.56. The molecule has 28 heavy (non-hydrogen) atoms. The number of hydrogen-bond acceptors (Lipinski definition) is 4. The number of anilines is 1. The predicted molar refractivity (Wildman–Crippen MR) is 107 cm³/mol. The number of nitrogens with zero attached hydrogens (tertiary/aromatic N) is 1. The molecule has 0 spiro atoms. The fourth-order valence-electron chi connectivity index (χ4n) is 3.92. The van der Waals surface area contributed by atoms with Crippen LogP contribution in [0, 0.1) is 11.7 Å². The highest BCUT2D eigenvalue weighted by atomic mass is 79.9. The van der Waals surface area contributed by atoms with Gasteiger partial charge >= 0.3 is 6.09 Å². The molecule has 2 atom stereocenters. The topological polar surface area (TPSA) is 91.3 Å². The number of Topliss-reactive ketones (excluding diaryl/α,β-unsaturated/α-hetero) is 1. The van der Waals surface area contributed by atoms with Crippen molar-refractivity contribution in [3.8, 4) is 0 Å². The van der Waals surface area contributed by atoms with Gasteiger partial charge in [0.25, 0.3) is 0 Å². The van der Waals surface area contributed by atoms with Crippen molar-refractivity contribution >= 4 is 44.4 Å². The molecule has 8 heteroatoms. The lowest BCUT2D eigenvalue weighted by molar-refractivity contribution is 0.0968. The maximum absolute atomic E-state index is 14.0. The third kappa shape index (κ3) is 3.83. The fourth-order valence-corrected chi connectivity index (χ4v) is 4.26. The Morgan fingerprint density at radius 3 is 2.54 bits per heavy atom. The number of benzene rings is 1. The molecule has 148 valence electrons. The zero-order valence-corrected chi connectivity index (χ0v) is 16.8. The highest BCUT2D eigenvalue weighted by Crippen LogP contribution is 2.38. The lowest BCUT2D eigenvalue weighted by atomic mass is 9.89. The normalized spacial score (nSPS) is 22.1. The zero-order valence-electron chi connectivity index (χ0n) is 15.2. The van der Waals surface area contributed by atoms with Gasteiger partial charge in [-0.25, -0.2) is 9.18 Å². The number of ketones is 1. The van der Waals surface area contributed by atoms with Crippen molar-refractivity contribution in [1.82, 2.24) is 10.3 Å². The molecule has 2 aliphatic rings. The second-order valence-corrected chi connectivity index (χ2v) is 8.41. The monoisotopic (exact) mass is 449 g/mol. The number of carbonyl (C=O) groups is 2. The van der Waals surface area contributed by atoms with Crippen LogP contribution in [0.2, 0.25) is 0 Å². The number of fused-ring (bicyclic) bond motifs is 1. The van der Waals surface area contributed by atoms with Crippen LogP contribution in [-0.4, -0.2) is 34.1 Å². The Morgan fingerprint density at radius 1 is 1.14 bits per heavy atom. The first-order chi connectivity index (χ1) is 13.4. The van der Waals surface area contributed by atoms with Gasteiger partial charge in [0, 0.05) is 29.6 Å². The Morgan fingerprint density at radius 2 is 1.86 bits per heavy atom. The van der Waals surface area contributed by atoms with Crippen molar-refractivity contribution < 1.29 is 19.1 Å². The molecule has 0 aliphatic heterocycles. The molecule has 0 bridgehead atoms. The average Bonchev–Trinajstić information content (AvgIpc) is 3.49. The molecule has 1 aromatic carbocycles. The second kappa shape index (κ2) is 7.66. The van der Waals surface area contributed by atoms with Crippen LogP contribution in [0.25, 0.3) is 10.9 Å². The maximum Gasteiger partial charge on any atom is 0.404 e. The third-order valence-corrected chi connectivity index (χ3v) is 6.14. The molecule has 1 heterocycles. The maximum atomic E-state index is 14.0. The number of aromatic nitrogens is 1. The largest absolute Gasteiger partial charge is 0.465 e. The van der Waals surface area contributed by atoms with Gasteiger partial charge in [0.1, 0.15) is 5.82 Å². The van der Waals surface area contributed by atoms with Crippen LogP contribution in [0.3, 0.4) is 0 Å². The van der Waals surface area contributed by atoms with Crippen LogP contribution in [0.15, 0.2) is 22.8 Å². The molecule has 1 amide bonds. The molecule has 1 aromatic heterocycles. The van der Waals surface area contributed by atoms with Crippen LogP contribution in [0.5, 0.6) is 0 Å².